The quantitative estimate of drug-likeness (QED) is 0.670. The molecule has 0 fully saturated rings. The maximum Gasteiger partial charge on any atom is 0.337 e. The Balaban J connectivity index is 2.54. The molecule has 16 heavy (non-hydrogen) atoms. The van der Waals surface area contributed by atoms with Crippen molar-refractivity contribution in [2.45, 2.75) is 13.8 Å². The molecule has 0 N–H and O–H groups in total. The number of esters is 1. The van der Waals surface area contributed by atoms with E-state index in [1.807, 2.05) is 12.1 Å². The summed E-state index contributed by atoms with van der Waals surface area (Å²) in [6.45, 7) is 8.17. The highest BCUT2D eigenvalue weighted by Crippen LogP contribution is 2.39. The summed E-state index contributed by atoms with van der Waals surface area (Å²) >= 11 is 0. The van der Waals surface area contributed by atoms with E-state index in [-0.39, 0.29) is 5.97 Å². The molecule has 0 aromatic heterocycles. The minimum absolute atomic E-state index is 0.308. The first-order valence-electron chi connectivity index (χ1n) is 5.16. The van der Waals surface area contributed by atoms with Crippen LogP contribution in [-0.4, -0.2) is 13.1 Å². The van der Waals surface area contributed by atoms with Crippen LogP contribution in [0.15, 0.2) is 30.4 Å². The van der Waals surface area contributed by atoms with Gasteiger partial charge in [0.1, 0.15) is 0 Å². The van der Waals surface area contributed by atoms with Gasteiger partial charge in [-0.1, -0.05) is 12.6 Å². The Labute approximate surface area is 95.2 Å². The maximum absolute atomic E-state index is 11.4. The molecule has 0 radical (unpaired) electrons. The molecule has 0 unspecified atom stereocenters. The van der Waals surface area contributed by atoms with Crippen LogP contribution in [0.3, 0.4) is 0 Å². The summed E-state index contributed by atoms with van der Waals surface area (Å²) in [6.07, 6.45) is 0. The minimum atomic E-state index is -0.308. The van der Waals surface area contributed by atoms with Crippen LogP contribution in [0.4, 0.5) is 0 Å². The van der Waals surface area contributed by atoms with Crippen molar-refractivity contribution >= 4 is 17.1 Å². The molecule has 2 rings (SSSR count). The Morgan fingerprint density at radius 2 is 1.88 bits per heavy atom. The van der Waals surface area contributed by atoms with Gasteiger partial charge in [0.2, 0.25) is 0 Å². The van der Waals surface area contributed by atoms with E-state index in [1.165, 1.54) is 18.3 Å². The molecule has 0 saturated heterocycles. The molecule has 1 aromatic rings. The van der Waals surface area contributed by atoms with Gasteiger partial charge in [-0.05, 0) is 53.8 Å². The van der Waals surface area contributed by atoms with E-state index in [2.05, 4.69) is 20.4 Å². The van der Waals surface area contributed by atoms with Crippen LogP contribution >= 0.6 is 0 Å². The van der Waals surface area contributed by atoms with E-state index in [4.69, 9.17) is 4.74 Å². The van der Waals surface area contributed by atoms with Crippen molar-refractivity contribution in [3.8, 4) is 0 Å². The van der Waals surface area contributed by atoms with Gasteiger partial charge in [0, 0.05) is 0 Å². The summed E-state index contributed by atoms with van der Waals surface area (Å²) in [4.78, 5) is 11.4. The maximum atomic E-state index is 11.4. The van der Waals surface area contributed by atoms with Gasteiger partial charge >= 0.3 is 5.97 Å². The molecular weight excluding hydrogens is 200 g/mol. The van der Waals surface area contributed by atoms with E-state index in [0.717, 1.165) is 16.7 Å². The zero-order valence-corrected chi connectivity index (χ0v) is 9.76. The number of hydrogen-bond acceptors (Lipinski definition) is 2. The van der Waals surface area contributed by atoms with Crippen molar-refractivity contribution in [1.29, 1.82) is 0 Å². The van der Waals surface area contributed by atoms with Crippen LogP contribution in [0.1, 0.15) is 35.3 Å². The second-order valence-corrected chi connectivity index (χ2v) is 3.98. The number of allylic oxidation sites excluding steroid dienone is 3. The van der Waals surface area contributed by atoms with Crippen LogP contribution < -0.4 is 0 Å². The van der Waals surface area contributed by atoms with Gasteiger partial charge in [0.25, 0.3) is 0 Å². The number of ether oxygens (including phenoxy) is 1. The molecule has 1 aromatic carbocycles. The number of fused-ring (bicyclic) bond motifs is 1. The average Bonchev–Trinajstić information content (AvgIpc) is 2.53. The van der Waals surface area contributed by atoms with Crippen molar-refractivity contribution in [3.05, 3.63) is 47.0 Å². The van der Waals surface area contributed by atoms with E-state index >= 15 is 0 Å². The van der Waals surface area contributed by atoms with Crippen molar-refractivity contribution < 1.29 is 9.53 Å². The van der Waals surface area contributed by atoms with Crippen molar-refractivity contribution in [3.63, 3.8) is 0 Å². The smallest absolute Gasteiger partial charge is 0.337 e. The lowest BCUT2D eigenvalue weighted by Gasteiger charge is -2.05. The highest BCUT2D eigenvalue weighted by Gasteiger charge is 2.20. The van der Waals surface area contributed by atoms with E-state index < -0.39 is 0 Å². The van der Waals surface area contributed by atoms with Crippen LogP contribution in [0.5, 0.6) is 0 Å². The molecule has 0 atom stereocenters. The fourth-order valence-electron chi connectivity index (χ4n) is 2.00. The molecule has 0 aliphatic heterocycles. The lowest BCUT2D eigenvalue weighted by atomic mass is 10.0. The molecule has 0 heterocycles. The van der Waals surface area contributed by atoms with Gasteiger partial charge in [0.15, 0.2) is 0 Å². The van der Waals surface area contributed by atoms with Gasteiger partial charge in [-0.2, -0.15) is 0 Å². The zero-order chi connectivity index (χ0) is 11.9. The average molecular weight is 214 g/mol. The van der Waals surface area contributed by atoms with Crippen LogP contribution in [0.25, 0.3) is 11.1 Å². The molecule has 0 amide bonds. The molecule has 2 nitrogen and oxygen atoms in total. The highest BCUT2D eigenvalue weighted by molar-refractivity contribution is 6.00. The molecule has 1 aliphatic rings. The third-order valence-electron chi connectivity index (χ3n) is 3.18. The van der Waals surface area contributed by atoms with Gasteiger partial charge in [0.05, 0.1) is 12.7 Å². The van der Waals surface area contributed by atoms with Crippen LogP contribution in [0, 0.1) is 0 Å². The number of hydrogen-bond donors (Lipinski definition) is 0. The van der Waals surface area contributed by atoms with E-state index in [1.54, 1.807) is 6.07 Å². The Bertz CT molecular complexity index is 522. The van der Waals surface area contributed by atoms with E-state index in [0.29, 0.717) is 5.56 Å². The topological polar surface area (TPSA) is 26.3 Å². The molecule has 0 spiro atoms. The monoisotopic (exact) mass is 214 g/mol. The van der Waals surface area contributed by atoms with Gasteiger partial charge < -0.3 is 4.74 Å². The Morgan fingerprint density at radius 1 is 1.19 bits per heavy atom. The lowest BCUT2D eigenvalue weighted by molar-refractivity contribution is 0.0600. The number of benzene rings is 1. The first-order chi connectivity index (χ1) is 7.56. The van der Waals surface area contributed by atoms with Crippen molar-refractivity contribution in [1.82, 2.24) is 0 Å². The summed E-state index contributed by atoms with van der Waals surface area (Å²) in [7, 11) is 1.39. The predicted octanol–water partition coefficient (Wildman–Crippen LogP) is 3.29. The predicted molar refractivity (Wildman–Crippen MR) is 65.1 cm³/mol. The lowest BCUT2D eigenvalue weighted by Crippen LogP contribution is -2.01. The summed E-state index contributed by atoms with van der Waals surface area (Å²) in [5.41, 5.74) is 6.20. The number of carbonyl (C=O) groups is 1. The number of carbonyl (C=O) groups excluding carboxylic acids is 1. The molecule has 1 aliphatic carbocycles. The second-order valence-electron chi connectivity index (χ2n) is 3.98. The first-order valence-corrected chi connectivity index (χ1v) is 5.16. The zero-order valence-electron chi connectivity index (χ0n) is 9.76. The Hall–Kier alpha value is -1.83. The first kappa shape index (κ1) is 10.7. The van der Waals surface area contributed by atoms with Crippen LogP contribution in [0.2, 0.25) is 0 Å². The van der Waals surface area contributed by atoms with Gasteiger partial charge in [-0.15, -0.1) is 0 Å². The van der Waals surface area contributed by atoms with Crippen molar-refractivity contribution in [2.75, 3.05) is 7.11 Å². The highest BCUT2D eigenvalue weighted by atomic mass is 16.5. The van der Waals surface area contributed by atoms with Crippen molar-refractivity contribution in [2.24, 2.45) is 0 Å². The second kappa shape index (κ2) is 3.63. The third-order valence-corrected chi connectivity index (χ3v) is 3.18. The Morgan fingerprint density at radius 3 is 2.50 bits per heavy atom. The SMILES string of the molecule is C=C1C(C)=C(C)c2ccc(C(=O)OC)cc21. The normalized spacial score (nSPS) is 14.1. The minimum Gasteiger partial charge on any atom is -0.465 e. The molecule has 2 heteroatoms. The van der Waals surface area contributed by atoms with E-state index in [9.17, 15) is 4.79 Å². The number of rotatable bonds is 1. The molecule has 82 valence electrons. The summed E-state index contributed by atoms with van der Waals surface area (Å²) < 4.78 is 4.70. The summed E-state index contributed by atoms with van der Waals surface area (Å²) in [6, 6.07) is 5.60. The summed E-state index contributed by atoms with van der Waals surface area (Å²) in [5.74, 6) is -0.308. The molecular formula is C14H14O2. The fraction of sp³-hybridized carbons (Fsp3) is 0.214. The number of methoxy groups -OCH3 is 1. The molecule has 0 saturated carbocycles. The van der Waals surface area contributed by atoms with Gasteiger partial charge in [-0.25, -0.2) is 4.79 Å². The summed E-state index contributed by atoms with van der Waals surface area (Å²) in [5, 5.41) is 0. The standard InChI is InChI=1S/C14H14O2/c1-8-9(2)12-6-5-11(14(15)16-4)7-13(12)10(8)3/h5-7H,3H2,1-2,4H3. The third kappa shape index (κ3) is 1.38. The Kier molecular flexibility index (Phi) is 2.43. The molecule has 0 bridgehead atoms. The van der Waals surface area contributed by atoms with Gasteiger partial charge in [-0.3, -0.25) is 0 Å². The van der Waals surface area contributed by atoms with Crippen LogP contribution in [-0.2, 0) is 4.74 Å². The largest absolute Gasteiger partial charge is 0.465 e. The fourth-order valence-corrected chi connectivity index (χ4v) is 2.00.